The van der Waals surface area contributed by atoms with E-state index in [1.165, 1.54) is 0 Å². The van der Waals surface area contributed by atoms with Gasteiger partial charge in [0.2, 0.25) is 0 Å². The molecule has 4 nitrogen and oxygen atoms in total. The third-order valence-corrected chi connectivity index (χ3v) is 2.78. The number of anilines is 1. The van der Waals surface area contributed by atoms with E-state index in [0.29, 0.717) is 12.5 Å². The van der Waals surface area contributed by atoms with E-state index >= 15 is 0 Å². The molecule has 0 bridgehead atoms. The van der Waals surface area contributed by atoms with Crippen LogP contribution < -0.4 is 10.6 Å². The Hall–Kier alpha value is -0.940. The minimum Gasteiger partial charge on any atom is -0.367 e. The number of piperidine rings is 1. The van der Waals surface area contributed by atoms with E-state index in [9.17, 15) is 4.39 Å². The number of rotatable bonds is 4. The van der Waals surface area contributed by atoms with E-state index in [0.717, 1.165) is 37.6 Å². The van der Waals surface area contributed by atoms with Crippen molar-refractivity contribution < 1.29 is 4.39 Å². The van der Waals surface area contributed by atoms with Gasteiger partial charge in [0.05, 0.1) is 0 Å². The van der Waals surface area contributed by atoms with Crippen molar-refractivity contribution in [3.63, 3.8) is 0 Å². The van der Waals surface area contributed by atoms with Crippen molar-refractivity contribution in [2.24, 2.45) is 0 Å². The van der Waals surface area contributed by atoms with Gasteiger partial charge in [-0.2, -0.15) is 0 Å². The average Bonchev–Trinajstić information content (AvgIpc) is 2.38. The second-order valence-corrected chi connectivity index (χ2v) is 3.94. The molecule has 1 aliphatic heterocycles. The highest BCUT2D eigenvalue weighted by Gasteiger charge is 2.17. The molecule has 0 atom stereocenters. The van der Waals surface area contributed by atoms with Crippen LogP contribution in [0.4, 0.5) is 10.2 Å². The number of alkyl halides is 1. The van der Waals surface area contributed by atoms with Gasteiger partial charge >= 0.3 is 0 Å². The summed E-state index contributed by atoms with van der Waals surface area (Å²) in [7, 11) is 0. The van der Waals surface area contributed by atoms with Crippen LogP contribution in [-0.4, -0.2) is 36.3 Å². The molecule has 0 radical (unpaired) electrons. The summed E-state index contributed by atoms with van der Waals surface area (Å²) in [5.74, 6) is 2.04. The van der Waals surface area contributed by atoms with Crippen LogP contribution in [0.15, 0.2) is 12.3 Å². The number of aromatic nitrogens is 2. The van der Waals surface area contributed by atoms with Gasteiger partial charge in [-0.05, 0) is 32.0 Å². The molecule has 0 saturated carbocycles. The van der Waals surface area contributed by atoms with Crippen molar-refractivity contribution in [3.8, 4) is 0 Å². The van der Waals surface area contributed by atoms with Crippen LogP contribution in [0, 0.1) is 0 Å². The van der Waals surface area contributed by atoms with E-state index in [1.807, 2.05) is 0 Å². The third kappa shape index (κ3) is 4.09. The molecule has 1 saturated heterocycles. The lowest BCUT2D eigenvalue weighted by atomic mass is 9.97. The van der Waals surface area contributed by atoms with Crippen LogP contribution in [0.1, 0.15) is 24.6 Å². The molecule has 96 valence electrons. The van der Waals surface area contributed by atoms with Crippen molar-refractivity contribution >= 4 is 18.2 Å². The molecule has 0 aromatic carbocycles. The van der Waals surface area contributed by atoms with Gasteiger partial charge in [-0.3, -0.25) is 0 Å². The van der Waals surface area contributed by atoms with Crippen molar-refractivity contribution in [2.45, 2.75) is 18.8 Å². The van der Waals surface area contributed by atoms with Crippen molar-refractivity contribution in [1.82, 2.24) is 15.3 Å². The van der Waals surface area contributed by atoms with Gasteiger partial charge in [0.25, 0.3) is 0 Å². The molecule has 0 unspecified atom stereocenters. The number of hydrogen-bond donors (Lipinski definition) is 2. The lowest BCUT2D eigenvalue weighted by Gasteiger charge is -2.21. The summed E-state index contributed by atoms with van der Waals surface area (Å²) < 4.78 is 12.0. The maximum Gasteiger partial charge on any atom is 0.133 e. The summed E-state index contributed by atoms with van der Waals surface area (Å²) in [6.07, 6.45) is 3.89. The topological polar surface area (TPSA) is 49.8 Å². The smallest absolute Gasteiger partial charge is 0.133 e. The van der Waals surface area contributed by atoms with E-state index in [1.54, 1.807) is 12.3 Å². The summed E-state index contributed by atoms with van der Waals surface area (Å²) in [6, 6.07) is 1.78. The van der Waals surface area contributed by atoms with Gasteiger partial charge in [0, 0.05) is 18.7 Å². The zero-order valence-electron chi connectivity index (χ0n) is 9.66. The Kier molecular flexibility index (Phi) is 6.15. The first-order valence-electron chi connectivity index (χ1n) is 5.73. The van der Waals surface area contributed by atoms with Crippen LogP contribution >= 0.6 is 12.4 Å². The highest BCUT2D eigenvalue weighted by atomic mass is 35.5. The second kappa shape index (κ2) is 7.40. The summed E-state index contributed by atoms with van der Waals surface area (Å²) in [5, 5.41) is 6.24. The van der Waals surface area contributed by atoms with Crippen LogP contribution in [-0.2, 0) is 0 Å². The number of nitrogens with zero attached hydrogens (tertiary/aromatic N) is 2. The maximum atomic E-state index is 12.0. The van der Waals surface area contributed by atoms with E-state index < -0.39 is 0 Å². The summed E-state index contributed by atoms with van der Waals surface area (Å²) >= 11 is 0. The molecular weight excluding hydrogens is 243 g/mol. The first kappa shape index (κ1) is 14.1. The molecule has 0 amide bonds. The van der Waals surface area contributed by atoms with E-state index in [4.69, 9.17) is 0 Å². The fraction of sp³-hybridized carbons (Fsp3) is 0.636. The maximum absolute atomic E-state index is 12.0. The Morgan fingerprint density at radius 1 is 1.41 bits per heavy atom. The van der Waals surface area contributed by atoms with Crippen LogP contribution in [0.25, 0.3) is 0 Å². The third-order valence-electron chi connectivity index (χ3n) is 2.78. The molecule has 17 heavy (non-hydrogen) atoms. The highest BCUT2D eigenvalue weighted by molar-refractivity contribution is 5.85. The standard InChI is InChI=1S/C11H17FN4.ClH/c12-4-8-14-10-3-7-15-11(16-10)9-1-5-13-6-2-9;/h3,7,9,13H,1-2,4-6,8H2,(H,14,15,16);1H. The van der Waals surface area contributed by atoms with Gasteiger partial charge in [-0.15, -0.1) is 12.4 Å². The lowest BCUT2D eigenvalue weighted by molar-refractivity contribution is 0.445. The Balaban J connectivity index is 0.00000144. The predicted octanol–water partition coefficient (Wildman–Crippen LogP) is 1.75. The van der Waals surface area contributed by atoms with Gasteiger partial charge in [0.15, 0.2) is 0 Å². The van der Waals surface area contributed by atoms with Crippen molar-refractivity contribution in [3.05, 3.63) is 18.1 Å². The number of halogens is 2. The molecule has 0 spiro atoms. The largest absolute Gasteiger partial charge is 0.367 e. The van der Waals surface area contributed by atoms with Gasteiger partial charge < -0.3 is 10.6 Å². The fourth-order valence-corrected chi connectivity index (χ4v) is 1.92. The zero-order valence-corrected chi connectivity index (χ0v) is 10.5. The summed E-state index contributed by atoms with van der Waals surface area (Å²) in [4.78, 5) is 8.72. The Labute approximate surface area is 107 Å². The Morgan fingerprint density at radius 3 is 2.88 bits per heavy atom. The molecule has 1 aromatic heterocycles. The monoisotopic (exact) mass is 260 g/mol. The fourth-order valence-electron chi connectivity index (χ4n) is 1.92. The molecule has 2 heterocycles. The van der Waals surface area contributed by atoms with E-state index in [-0.39, 0.29) is 19.1 Å². The van der Waals surface area contributed by atoms with Crippen LogP contribution in [0.5, 0.6) is 0 Å². The highest BCUT2D eigenvalue weighted by Crippen LogP contribution is 2.22. The van der Waals surface area contributed by atoms with Crippen LogP contribution in [0.2, 0.25) is 0 Å². The summed E-state index contributed by atoms with van der Waals surface area (Å²) in [5.41, 5.74) is 0. The molecule has 1 aliphatic rings. The molecule has 0 aliphatic carbocycles. The molecule has 2 N–H and O–H groups in total. The quantitative estimate of drug-likeness (QED) is 0.866. The van der Waals surface area contributed by atoms with Crippen molar-refractivity contribution in [2.75, 3.05) is 31.6 Å². The van der Waals surface area contributed by atoms with Crippen LogP contribution in [0.3, 0.4) is 0 Å². The van der Waals surface area contributed by atoms with Crippen molar-refractivity contribution in [1.29, 1.82) is 0 Å². The minimum absolute atomic E-state index is 0. The zero-order chi connectivity index (χ0) is 11.2. The molecule has 2 rings (SSSR count). The summed E-state index contributed by atoms with van der Waals surface area (Å²) in [6.45, 7) is 1.97. The Bertz CT molecular complexity index is 331. The van der Waals surface area contributed by atoms with Gasteiger partial charge in [-0.1, -0.05) is 0 Å². The first-order valence-corrected chi connectivity index (χ1v) is 5.73. The predicted molar refractivity (Wildman–Crippen MR) is 68.6 cm³/mol. The second-order valence-electron chi connectivity index (χ2n) is 3.94. The number of nitrogens with one attached hydrogen (secondary N) is 2. The van der Waals surface area contributed by atoms with E-state index in [2.05, 4.69) is 20.6 Å². The molecule has 1 fully saturated rings. The molecule has 1 aromatic rings. The average molecular weight is 261 g/mol. The first-order chi connectivity index (χ1) is 7.90. The lowest BCUT2D eigenvalue weighted by Crippen LogP contribution is -2.27. The SMILES string of the molecule is Cl.FCCNc1ccnc(C2CCNCC2)n1. The molecule has 6 heteroatoms. The van der Waals surface area contributed by atoms with Gasteiger partial charge in [0.1, 0.15) is 18.3 Å². The van der Waals surface area contributed by atoms with Gasteiger partial charge in [-0.25, -0.2) is 14.4 Å². The minimum atomic E-state index is -0.382. The number of hydrogen-bond acceptors (Lipinski definition) is 4. The normalized spacial score (nSPS) is 16.3. The molecular formula is C11H18ClFN4. The Morgan fingerprint density at radius 2 is 2.18 bits per heavy atom.